The Morgan fingerprint density at radius 3 is 2.26 bits per heavy atom. The van der Waals surface area contributed by atoms with Gasteiger partial charge < -0.3 is 14.4 Å². The average molecular weight is 368 g/mol. The van der Waals surface area contributed by atoms with Gasteiger partial charge in [0.15, 0.2) is 0 Å². The standard InChI is InChI=1S/C21H25N3O3/c1-26-19-12-17(13-20(14-19)27-2)21(25)23-22-18-8-10-24(11-9-18)15-16-6-4-3-5-7-16/h3-7,12-14H,8-11,15H2,1-2H3,(H,23,25)/p+1. The van der Waals surface area contributed by atoms with Crippen LogP contribution in [0, 0.1) is 0 Å². The normalized spacial score (nSPS) is 16.5. The Kier molecular flexibility index (Phi) is 6.44. The van der Waals surface area contributed by atoms with E-state index in [0.29, 0.717) is 17.1 Å². The van der Waals surface area contributed by atoms with Crippen LogP contribution in [0.1, 0.15) is 28.8 Å². The molecule has 1 aliphatic heterocycles. The number of quaternary nitrogens is 1. The van der Waals surface area contributed by atoms with Crippen molar-refractivity contribution in [3.63, 3.8) is 0 Å². The van der Waals surface area contributed by atoms with E-state index in [2.05, 4.69) is 34.8 Å². The fourth-order valence-corrected chi connectivity index (χ4v) is 3.20. The van der Waals surface area contributed by atoms with Crippen LogP contribution < -0.4 is 19.8 Å². The van der Waals surface area contributed by atoms with Gasteiger partial charge in [0.05, 0.1) is 27.3 Å². The third-order valence-electron chi connectivity index (χ3n) is 4.76. The van der Waals surface area contributed by atoms with Crippen molar-refractivity contribution in [2.24, 2.45) is 5.10 Å². The Labute approximate surface area is 159 Å². The van der Waals surface area contributed by atoms with Gasteiger partial charge in [-0.25, -0.2) is 5.43 Å². The van der Waals surface area contributed by atoms with Gasteiger partial charge in [-0.05, 0) is 12.1 Å². The van der Waals surface area contributed by atoms with E-state index in [4.69, 9.17) is 9.47 Å². The second kappa shape index (κ2) is 9.19. The lowest BCUT2D eigenvalue weighted by Gasteiger charge is -2.24. The van der Waals surface area contributed by atoms with Crippen LogP contribution in [-0.4, -0.2) is 38.9 Å². The van der Waals surface area contributed by atoms with Crippen molar-refractivity contribution in [2.75, 3.05) is 27.3 Å². The zero-order chi connectivity index (χ0) is 19.1. The quantitative estimate of drug-likeness (QED) is 0.763. The van der Waals surface area contributed by atoms with Gasteiger partial charge in [0, 0.05) is 35.7 Å². The number of piperidine rings is 1. The number of hydrogen-bond donors (Lipinski definition) is 2. The number of ether oxygens (including phenoxy) is 2. The van der Waals surface area contributed by atoms with E-state index >= 15 is 0 Å². The maximum Gasteiger partial charge on any atom is 0.271 e. The molecule has 0 radical (unpaired) electrons. The fraction of sp³-hybridized carbons (Fsp3) is 0.333. The molecule has 0 spiro atoms. The van der Waals surface area contributed by atoms with E-state index in [1.54, 1.807) is 37.3 Å². The number of hydrazone groups is 1. The third kappa shape index (κ3) is 5.31. The van der Waals surface area contributed by atoms with Crippen molar-refractivity contribution in [3.8, 4) is 11.5 Å². The van der Waals surface area contributed by atoms with E-state index in [9.17, 15) is 4.79 Å². The molecule has 0 saturated carbocycles. The molecule has 2 aromatic rings. The highest BCUT2D eigenvalue weighted by Crippen LogP contribution is 2.22. The number of hydrogen-bond acceptors (Lipinski definition) is 4. The maximum absolute atomic E-state index is 12.4. The summed E-state index contributed by atoms with van der Waals surface area (Å²) in [7, 11) is 3.12. The first-order valence-corrected chi connectivity index (χ1v) is 9.14. The highest BCUT2D eigenvalue weighted by Gasteiger charge is 2.19. The summed E-state index contributed by atoms with van der Waals surface area (Å²) in [5, 5.41) is 4.33. The minimum Gasteiger partial charge on any atom is -0.497 e. The molecule has 0 bridgehead atoms. The molecule has 0 unspecified atom stereocenters. The van der Waals surface area contributed by atoms with Gasteiger partial charge in [-0.2, -0.15) is 5.10 Å². The molecule has 2 N–H and O–H groups in total. The first-order valence-electron chi connectivity index (χ1n) is 9.14. The van der Waals surface area contributed by atoms with E-state index in [0.717, 1.165) is 38.2 Å². The Balaban J connectivity index is 1.54. The van der Waals surface area contributed by atoms with Crippen molar-refractivity contribution in [1.29, 1.82) is 0 Å². The Morgan fingerprint density at radius 1 is 1.04 bits per heavy atom. The smallest absolute Gasteiger partial charge is 0.271 e. The van der Waals surface area contributed by atoms with Crippen LogP contribution in [0.3, 0.4) is 0 Å². The van der Waals surface area contributed by atoms with Crippen LogP contribution in [-0.2, 0) is 6.54 Å². The van der Waals surface area contributed by atoms with Crippen molar-refractivity contribution in [3.05, 3.63) is 59.7 Å². The molecule has 1 aliphatic rings. The number of carbonyl (C=O) groups excluding carboxylic acids is 1. The van der Waals surface area contributed by atoms with Crippen LogP contribution in [0.2, 0.25) is 0 Å². The lowest BCUT2D eigenvalue weighted by molar-refractivity contribution is -0.914. The van der Waals surface area contributed by atoms with Gasteiger partial charge in [0.2, 0.25) is 0 Å². The number of rotatable bonds is 6. The monoisotopic (exact) mass is 368 g/mol. The first kappa shape index (κ1) is 18.9. The molecule has 1 heterocycles. The van der Waals surface area contributed by atoms with Gasteiger partial charge >= 0.3 is 0 Å². The molecule has 0 aliphatic carbocycles. The lowest BCUT2D eigenvalue weighted by atomic mass is 10.1. The summed E-state index contributed by atoms with van der Waals surface area (Å²) >= 11 is 0. The number of amides is 1. The number of benzene rings is 2. The molecule has 1 saturated heterocycles. The molecule has 0 aromatic heterocycles. The summed E-state index contributed by atoms with van der Waals surface area (Å²) in [5.41, 5.74) is 5.52. The topological polar surface area (TPSA) is 64.4 Å². The number of nitrogens with one attached hydrogen (secondary N) is 2. The van der Waals surface area contributed by atoms with Crippen LogP contribution in [0.4, 0.5) is 0 Å². The van der Waals surface area contributed by atoms with Crippen molar-refractivity contribution in [2.45, 2.75) is 19.4 Å². The SMILES string of the molecule is COc1cc(OC)cc(C(=O)NN=C2CC[NH+](Cc3ccccc3)CC2)c1. The summed E-state index contributed by atoms with van der Waals surface area (Å²) in [6, 6.07) is 15.6. The van der Waals surface area contributed by atoms with Gasteiger partial charge in [0.1, 0.15) is 18.0 Å². The van der Waals surface area contributed by atoms with Crippen LogP contribution in [0.5, 0.6) is 11.5 Å². The van der Waals surface area contributed by atoms with E-state index in [1.165, 1.54) is 5.56 Å². The van der Waals surface area contributed by atoms with E-state index in [1.807, 2.05) is 6.07 Å². The number of methoxy groups -OCH3 is 2. The van der Waals surface area contributed by atoms with Crippen molar-refractivity contribution < 1.29 is 19.2 Å². The first-order chi connectivity index (χ1) is 13.2. The predicted octanol–water partition coefficient (Wildman–Crippen LogP) is 1.67. The molecule has 3 rings (SSSR count). The molecule has 1 amide bonds. The zero-order valence-corrected chi connectivity index (χ0v) is 15.8. The highest BCUT2D eigenvalue weighted by molar-refractivity contribution is 5.96. The second-order valence-electron chi connectivity index (χ2n) is 6.63. The van der Waals surface area contributed by atoms with Crippen molar-refractivity contribution >= 4 is 11.6 Å². The van der Waals surface area contributed by atoms with Crippen LogP contribution in [0.15, 0.2) is 53.6 Å². The largest absolute Gasteiger partial charge is 0.497 e. The Morgan fingerprint density at radius 2 is 1.67 bits per heavy atom. The summed E-state index contributed by atoms with van der Waals surface area (Å²) < 4.78 is 10.4. The van der Waals surface area contributed by atoms with Crippen molar-refractivity contribution in [1.82, 2.24) is 5.43 Å². The minimum atomic E-state index is -0.265. The summed E-state index contributed by atoms with van der Waals surface area (Å²) in [6.07, 6.45) is 1.79. The fourth-order valence-electron chi connectivity index (χ4n) is 3.20. The molecule has 6 heteroatoms. The number of likely N-dealkylation sites (tertiary alicyclic amines) is 1. The van der Waals surface area contributed by atoms with Gasteiger partial charge in [-0.3, -0.25) is 4.79 Å². The van der Waals surface area contributed by atoms with E-state index in [-0.39, 0.29) is 5.91 Å². The van der Waals surface area contributed by atoms with Crippen LogP contribution >= 0.6 is 0 Å². The minimum absolute atomic E-state index is 0.265. The third-order valence-corrected chi connectivity index (χ3v) is 4.76. The summed E-state index contributed by atoms with van der Waals surface area (Å²) in [4.78, 5) is 13.9. The zero-order valence-electron chi connectivity index (χ0n) is 15.8. The van der Waals surface area contributed by atoms with Crippen LogP contribution in [0.25, 0.3) is 0 Å². The second-order valence-corrected chi connectivity index (χ2v) is 6.63. The molecule has 27 heavy (non-hydrogen) atoms. The molecular formula is C21H26N3O3+. The highest BCUT2D eigenvalue weighted by atomic mass is 16.5. The van der Waals surface area contributed by atoms with Gasteiger partial charge in [-0.15, -0.1) is 0 Å². The Bertz CT molecular complexity index is 773. The number of carbonyl (C=O) groups is 1. The van der Waals surface area contributed by atoms with Gasteiger partial charge in [0.25, 0.3) is 5.91 Å². The Hall–Kier alpha value is -2.86. The summed E-state index contributed by atoms with van der Waals surface area (Å²) in [6.45, 7) is 3.08. The summed E-state index contributed by atoms with van der Waals surface area (Å²) in [5.74, 6) is 0.883. The molecule has 1 fully saturated rings. The maximum atomic E-state index is 12.4. The molecule has 2 aromatic carbocycles. The average Bonchev–Trinajstić information content (AvgIpc) is 2.73. The molecule has 142 valence electrons. The van der Waals surface area contributed by atoms with E-state index < -0.39 is 0 Å². The predicted molar refractivity (Wildman–Crippen MR) is 105 cm³/mol. The van der Waals surface area contributed by atoms with Gasteiger partial charge in [-0.1, -0.05) is 30.3 Å². The number of nitrogens with zero attached hydrogens (tertiary/aromatic N) is 1. The molecule has 0 atom stereocenters. The molecular weight excluding hydrogens is 342 g/mol. The lowest BCUT2D eigenvalue weighted by Crippen LogP contribution is -3.11. The molecule has 6 nitrogen and oxygen atoms in total.